The first-order valence-electron chi connectivity index (χ1n) is 10.4. The number of pyridine rings is 1. The smallest absolute Gasteiger partial charge is 0.255 e. The topological polar surface area (TPSA) is 92.1 Å². The molecule has 7 nitrogen and oxygen atoms in total. The lowest BCUT2D eigenvalue weighted by molar-refractivity contribution is 0.0951. The lowest BCUT2D eigenvalue weighted by atomic mass is 9.92. The number of hydrogen-bond acceptors (Lipinski definition) is 5. The van der Waals surface area contributed by atoms with Gasteiger partial charge in [-0.1, -0.05) is 12.1 Å². The number of nitrogens with zero attached hydrogens (tertiary/aromatic N) is 3. The van der Waals surface area contributed by atoms with Gasteiger partial charge in [0, 0.05) is 25.3 Å². The van der Waals surface area contributed by atoms with E-state index in [1.54, 1.807) is 29.2 Å². The molecule has 0 unspecified atom stereocenters. The van der Waals surface area contributed by atoms with Gasteiger partial charge in [-0.15, -0.1) is 0 Å². The van der Waals surface area contributed by atoms with Gasteiger partial charge < -0.3 is 15.7 Å². The molecular weight excluding hydrogens is 385 g/mol. The average Bonchev–Trinajstić information content (AvgIpc) is 3.17. The zero-order valence-corrected chi connectivity index (χ0v) is 16.9. The normalized spacial score (nSPS) is 19.0. The fourth-order valence-corrected chi connectivity index (χ4v) is 3.96. The van der Waals surface area contributed by atoms with E-state index >= 15 is 0 Å². The highest BCUT2D eigenvalue weighted by molar-refractivity contribution is 6.06. The number of nitrogens with one attached hydrogen (secondary N) is 2. The number of hydrogen-bond donors (Lipinski definition) is 3. The average molecular weight is 411 g/mol. The number of rotatable bonds is 6. The summed E-state index contributed by atoms with van der Waals surface area (Å²) in [5, 5.41) is 21.6. The second kappa shape index (κ2) is 8.79. The van der Waals surface area contributed by atoms with E-state index < -0.39 is 0 Å². The Hall–Kier alpha value is -3.00. The maximum absolute atomic E-state index is 13.1. The molecule has 1 saturated carbocycles. The summed E-state index contributed by atoms with van der Waals surface area (Å²) < 4.78 is 14.9. The van der Waals surface area contributed by atoms with E-state index in [1.807, 2.05) is 6.92 Å². The van der Waals surface area contributed by atoms with Crippen LogP contribution < -0.4 is 10.6 Å². The van der Waals surface area contributed by atoms with Crippen molar-refractivity contribution in [3.8, 4) is 0 Å². The van der Waals surface area contributed by atoms with Crippen molar-refractivity contribution in [2.45, 2.75) is 57.8 Å². The van der Waals surface area contributed by atoms with Gasteiger partial charge in [0.2, 0.25) is 0 Å². The van der Waals surface area contributed by atoms with E-state index in [4.69, 9.17) is 0 Å². The number of carbonyl (C=O) groups excluding carboxylic acids is 1. The Kier molecular flexibility index (Phi) is 5.94. The molecule has 2 heterocycles. The number of aliphatic hydroxyl groups excluding tert-OH is 1. The summed E-state index contributed by atoms with van der Waals surface area (Å²) in [5.74, 6) is -0.578. The largest absolute Gasteiger partial charge is 0.393 e. The van der Waals surface area contributed by atoms with Crippen LogP contribution in [0.4, 0.5) is 10.1 Å². The van der Waals surface area contributed by atoms with Crippen molar-refractivity contribution in [2.24, 2.45) is 0 Å². The lowest BCUT2D eigenvalue weighted by Gasteiger charge is -2.28. The maximum Gasteiger partial charge on any atom is 0.255 e. The molecule has 4 rings (SSSR count). The van der Waals surface area contributed by atoms with Gasteiger partial charge in [0.1, 0.15) is 5.82 Å². The summed E-state index contributed by atoms with van der Waals surface area (Å²) in [6.45, 7) is 2.95. The Morgan fingerprint density at radius 2 is 2.07 bits per heavy atom. The predicted octanol–water partition coefficient (Wildman–Crippen LogP) is 3.24. The van der Waals surface area contributed by atoms with Gasteiger partial charge in [0.25, 0.3) is 5.91 Å². The molecule has 1 aliphatic rings. The summed E-state index contributed by atoms with van der Waals surface area (Å²) in [6.07, 6.45) is 6.28. The third kappa shape index (κ3) is 4.28. The van der Waals surface area contributed by atoms with E-state index in [1.165, 1.54) is 12.1 Å². The maximum atomic E-state index is 13.1. The third-order valence-electron chi connectivity index (χ3n) is 5.57. The number of aromatic nitrogens is 3. The summed E-state index contributed by atoms with van der Waals surface area (Å²) in [4.78, 5) is 17.5. The van der Waals surface area contributed by atoms with Gasteiger partial charge >= 0.3 is 0 Å². The van der Waals surface area contributed by atoms with Crippen LogP contribution in [0, 0.1) is 5.82 Å². The molecule has 0 bridgehead atoms. The lowest BCUT2D eigenvalue weighted by Crippen LogP contribution is -2.31. The second-order valence-electron chi connectivity index (χ2n) is 7.72. The van der Waals surface area contributed by atoms with Crippen molar-refractivity contribution in [1.82, 2.24) is 20.1 Å². The minimum atomic E-state index is -0.331. The Morgan fingerprint density at radius 3 is 2.80 bits per heavy atom. The number of halogens is 1. The van der Waals surface area contributed by atoms with Gasteiger partial charge in [-0.2, -0.15) is 5.10 Å². The van der Waals surface area contributed by atoms with Crippen LogP contribution in [0.15, 0.2) is 36.7 Å². The summed E-state index contributed by atoms with van der Waals surface area (Å²) >= 11 is 0. The third-order valence-corrected chi connectivity index (χ3v) is 5.57. The van der Waals surface area contributed by atoms with Crippen LogP contribution in [0.3, 0.4) is 0 Å². The van der Waals surface area contributed by atoms with Crippen LogP contribution in [0.5, 0.6) is 0 Å². The molecule has 0 saturated heterocycles. The van der Waals surface area contributed by atoms with Crippen molar-refractivity contribution in [2.75, 3.05) is 5.32 Å². The van der Waals surface area contributed by atoms with Gasteiger partial charge in [0.05, 0.1) is 28.9 Å². The van der Waals surface area contributed by atoms with Crippen molar-refractivity contribution < 1.29 is 14.3 Å². The zero-order valence-electron chi connectivity index (χ0n) is 16.9. The van der Waals surface area contributed by atoms with Crippen LogP contribution in [0.2, 0.25) is 0 Å². The molecule has 0 aliphatic heterocycles. The molecule has 3 N–H and O–H groups in total. The molecule has 1 amide bonds. The molecule has 1 aromatic carbocycles. The van der Waals surface area contributed by atoms with Crippen LogP contribution >= 0.6 is 0 Å². The zero-order chi connectivity index (χ0) is 21.1. The van der Waals surface area contributed by atoms with Crippen LogP contribution in [0.1, 0.15) is 48.5 Å². The highest BCUT2D eigenvalue weighted by Crippen LogP contribution is 2.30. The molecule has 0 spiro atoms. The number of anilines is 1. The SMILES string of the molecule is CCn1ncc2c(N[C@H]3CCC[C@H](O)C3)c(C(=O)NCc3ccc(F)cc3)cnc21. The van der Waals surface area contributed by atoms with Crippen LogP contribution in [-0.4, -0.2) is 37.9 Å². The molecule has 2 aromatic heterocycles. The van der Waals surface area contributed by atoms with Gasteiger partial charge in [-0.25, -0.2) is 14.1 Å². The Labute approximate surface area is 174 Å². The fraction of sp³-hybridized carbons (Fsp3) is 0.409. The molecule has 1 aliphatic carbocycles. The standard InChI is InChI=1S/C22H26FN5O2/c1-2-28-21-18(13-26-28)20(27-16-4-3-5-17(29)10-16)19(12-24-21)22(30)25-11-14-6-8-15(23)9-7-14/h6-9,12-13,16-17,29H,2-5,10-11H2,1H3,(H,24,27)(H,25,30)/t16-,17-/m0/s1. The number of aliphatic hydroxyl groups is 1. The van der Waals surface area contributed by atoms with E-state index in [0.717, 1.165) is 30.2 Å². The number of fused-ring (bicyclic) bond motifs is 1. The number of aryl methyl sites for hydroxylation is 1. The highest BCUT2D eigenvalue weighted by Gasteiger charge is 2.24. The fourth-order valence-electron chi connectivity index (χ4n) is 3.96. The Balaban J connectivity index is 1.62. The quantitative estimate of drug-likeness (QED) is 0.579. The van der Waals surface area contributed by atoms with Crippen LogP contribution in [-0.2, 0) is 13.1 Å². The van der Waals surface area contributed by atoms with Crippen LogP contribution in [0.25, 0.3) is 11.0 Å². The Morgan fingerprint density at radius 1 is 1.27 bits per heavy atom. The predicted molar refractivity (Wildman–Crippen MR) is 113 cm³/mol. The first-order chi connectivity index (χ1) is 14.5. The van der Waals surface area contributed by atoms with Gasteiger partial charge in [0.15, 0.2) is 5.65 Å². The van der Waals surface area contributed by atoms with Gasteiger partial charge in [-0.05, 0) is 50.3 Å². The molecule has 158 valence electrons. The van der Waals surface area contributed by atoms with E-state index in [-0.39, 0.29) is 30.4 Å². The van der Waals surface area contributed by atoms with Crippen molar-refractivity contribution in [3.63, 3.8) is 0 Å². The summed E-state index contributed by atoms with van der Waals surface area (Å²) in [7, 11) is 0. The van der Waals surface area contributed by atoms with E-state index in [9.17, 15) is 14.3 Å². The molecule has 2 atom stereocenters. The van der Waals surface area contributed by atoms with Crippen molar-refractivity contribution in [3.05, 3.63) is 53.6 Å². The molecule has 0 radical (unpaired) electrons. The second-order valence-corrected chi connectivity index (χ2v) is 7.72. The van der Waals surface area contributed by atoms with E-state index in [0.29, 0.717) is 29.9 Å². The summed E-state index contributed by atoms with van der Waals surface area (Å²) in [5.41, 5.74) is 2.64. The minimum Gasteiger partial charge on any atom is -0.393 e. The van der Waals surface area contributed by atoms with Gasteiger partial charge in [-0.3, -0.25) is 4.79 Å². The number of carbonyl (C=O) groups is 1. The summed E-state index contributed by atoms with van der Waals surface area (Å²) in [6, 6.07) is 6.11. The first kappa shape index (κ1) is 20.3. The number of benzene rings is 1. The van der Waals surface area contributed by atoms with E-state index in [2.05, 4.69) is 20.7 Å². The molecule has 1 fully saturated rings. The Bertz CT molecular complexity index is 1030. The molecular formula is C22H26FN5O2. The molecule has 30 heavy (non-hydrogen) atoms. The highest BCUT2D eigenvalue weighted by atomic mass is 19.1. The number of amides is 1. The first-order valence-corrected chi connectivity index (χ1v) is 10.4. The monoisotopic (exact) mass is 411 g/mol. The van der Waals surface area contributed by atoms with Crippen molar-refractivity contribution in [1.29, 1.82) is 0 Å². The molecule has 8 heteroatoms. The molecule has 3 aromatic rings. The van der Waals surface area contributed by atoms with Crippen molar-refractivity contribution >= 4 is 22.6 Å². The minimum absolute atomic E-state index is 0.0768.